The number of rotatable bonds is 8. The van der Waals surface area contributed by atoms with Crippen molar-refractivity contribution in [2.24, 2.45) is 16.6 Å². The van der Waals surface area contributed by atoms with Crippen LogP contribution in [-0.2, 0) is 0 Å². The molecule has 4 heteroatoms. The van der Waals surface area contributed by atoms with E-state index < -0.39 is 0 Å². The summed E-state index contributed by atoms with van der Waals surface area (Å²) in [5.41, 5.74) is 5.91. The van der Waals surface area contributed by atoms with E-state index >= 15 is 0 Å². The van der Waals surface area contributed by atoms with Gasteiger partial charge in [-0.2, -0.15) is 0 Å². The average Bonchev–Trinajstić information content (AvgIpc) is 2.94. The molecule has 1 rings (SSSR count). The predicted molar refractivity (Wildman–Crippen MR) is 83.5 cm³/mol. The molecule has 0 radical (unpaired) electrons. The van der Waals surface area contributed by atoms with Crippen LogP contribution in [-0.4, -0.2) is 43.1 Å². The van der Waals surface area contributed by atoms with Gasteiger partial charge in [-0.1, -0.05) is 33.6 Å². The molecular weight excluding hydrogens is 236 g/mol. The molecule has 0 amide bonds. The van der Waals surface area contributed by atoms with Crippen molar-refractivity contribution in [2.45, 2.75) is 58.9 Å². The van der Waals surface area contributed by atoms with Gasteiger partial charge in [-0.3, -0.25) is 9.89 Å². The Bertz CT molecular complexity index is 253. The maximum absolute atomic E-state index is 5.91. The van der Waals surface area contributed by atoms with Crippen molar-refractivity contribution >= 4 is 5.96 Å². The van der Waals surface area contributed by atoms with Gasteiger partial charge < -0.3 is 11.1 Å². The van der Waals surface area contributed by atoms with E-state index in [0.717, 1.165) is 25.4 Å². The van der Waals surface area contributed by atoms with E-state index in [1.807, 2.05) is 0 Å². The highest BCUT2D eigenvalue weighted by Crippen LogP contribution is 2.23. The Kier molecular flexibility index (Phi) is 7.87. The lowest BCUT2D eigenvalue weighted by molar-refractivity contribution is 0.172. The number of nitrogens with two attached hydrogens (primary N) is 1. The van der Waals surface area contributed by atoms with Crippen LogP contribution in [0.5, 0.6) is 0 Å². The largest absolute Gasteiger partial charge is 0.370 e. The van der Waals surface area contributed by atoms with Crippen LogP contribution in [0, 0.1) is 5.92 Å². The Morgan fingerprint density at radius 2 is 1.84 bits per heavy atom. The SMILES string of the molecule is CCCNC(N)=NCC(C(CC)CC)N1CCCC1. The second-order valence-corrected chi connectivity index (χ2v) is 5.54. The van der Waals surface area contributed by atoms with E-state index in [0.29, 0.717) is 12.0 Å². The third-order valence-corrected chi connectivity index (χ3v) is 4.21. The molecule has 0 aliphatic carbocycles. The number of hydrogen-bond donors (Lipinski definition) is 2. The first-order valence-corrected chi connectivity index (χ1v) is 8.00. The summed E-state index contributed by atoms with van der Waals surface area (Å²) >= 11 is 0. The second kappa shape index (κ2) is 9.18. The summed E-state index contributed by atoms with van der Waals surface area (Å²) in [6, 6.07) is 0.569. The van der Waals surface area contributed by atoms with Crippen molar-refractivity contribution in [3.63, 3.8) is 0 Å². The zero-order valence-corrected chi connectivity index (χ0v) is 13.0. The predicted octanol–water partition coefficient (Wildman–Crippen LogP) is 2.20. The molecule has 112 valence electrons. The van der Waals surface area contributed by atoms with Crippen molar-refractivity contribution in [3.8, 4) is 0 Å². The zero-order valence-electron chi connectivity index (χ0n) is 13.0. The van der Waals surface area contributed by atoms with E-state index in [4.69, 9.17) is 5.73 Å². The molecule has 19 heavy (non-hydrogen) atoms. The fourth-order valence-corrected chi connectivity index (χ4v) is 2.97. The molecule has 0 aromatic heterocycles. The number of likely N-dealkylation sites (tertiary alicyclic amines) is 1. The molecule has 3 N–H and O–H groups in total. The van der Waals surface area contributed by atoms with Gasteiger partial charge in [0.15, 0.2) is 5.96 Å². The van der Waals surface area contributed by atoms with Crippen LogP contribution in [0.15, 0.2) is 4.99 Å². The van der Waals surface area contributed by atoms with Gasteiger partial charge in [0.2, 0.25) is 0 Å². The van der Waals surface area contributed by atoms with E-state index in [1.54, 1.807) is 0 Å². The molecular formula is C15H32N4. The highest BCUT2D eigenvalue weighted by atomic mass is 15.2. The lowest BCUT2D eigenvalue weighted by Crippen LogP contribution is -2.42. The zero-order chi connectivity index (χ0) is 14.1. The Balaban J connectivity index is 2.57. The highest BCUT2D eigenvalue weighted by molar-refractivity contribution is 5.77. The number of nitrogens with zero attached hydrogens (tertiary/aromatic N) is 2. The van der Waals surface area contributed by atoms with Gasteiger partial charge in [0, 0.05) is 12.6 Å². The summed E-state index contributed by atoms with van der Waals surface area (Å²) in [7, 11) is 0. The van der Waals surface area contributed by atoms with Crippen LogP contribution >= 0.6 is 0 Å². The maximum Gasteiger partial charge on any atom is 0.188 e. The summed E-state index contributed by atoms with van der Waals surface area (Å²) < 4.78 is 0. The molecule has 1 unspecified atom stereocenters. The lowest BCUT2D eigenvalue weighted by atomic mass is 9.93. The topological polar surface area (TPSA) is 53.6 Å². The van der Waals surface area contributed by atoms with E-state index in [1.165, 1.54) is 38.8 Å². The minimum Gasteiger partial charge on any atom is -0.370 e. The number of aliphatic imine (C=N–C) groups is 1. The van der Waals surface area contributed by atoms with Gasteiger partial charge in [0.1, 0.15) is 0 Å². The molecule has 1 heterocycles. The molecule has 0 aromatic rings. The average molecular weight is 268 g/mol. The highest BCUT2D eigenvalue weighted by Gasteiger charge is 2.27. The lowest BCUT2D eigenvalue weighted by Gasteiger charge is -2.32. The van der Waals surface area contributed by atoms with Crippen molar-refractivity contribution in [3.05, 3.63) is 0 Å². The van der Waals surface area contributed by atoms with E-state index in [2.05, 4.69) is 36.0 Å². The first-order valence-electron chi connectivity index (χ1n) is 8.00. The van der Waals surface area contributed by atoms with Crippen LogP contribution in [0.1, 0.15) is 52.9 Å². The summed E-state index contributed by atoms with van der Waals surface area (Å²) in [5, 5.41) is 3.16. The third kappa shape index (κ3) is 5.39. The number of nitrogens with one attached hydrogen (secondary N) is 1. The molecule has 0 bridgehead atoms. The van der Waals surface area contributed by atoms with Gasteiger partial charge in [-0.15, -0.1) is 0 Å². The third-order valence-electron chi connectivity index (χ3n) is 4.21. The minimum atomic E-state index is 0.569. The molecule has 0 aromatic carbocycles. The number of hydrogen-bond acceptors (Lipinski definition) is 2. The second-order valence-electron chi connectivity index (χ2n) is 5.54. The molecule has 1 saturated heterocycles. The van der Waals surface area contributed by atoms with Gasteiger partial charge in [-0.05, 0) is 38.3 Å². The summed E-state index contributed by atoms with van der Waals surface area (Å²) in [6.07, 6.45) is 6.22. The van der Waals surface area contributed by atoms with Crippen LogP contribution in [0.25, 0.3) is 0 Å². The molecule has 1 aliphatic rings. The van der Waals surface area contributed by atoms with E-state index in [-0.39, 0.29) is 0 Å². The molecule has 1 atom stereocenters. The molecule has 1 aliphatic heterocycles. The smallest absolute Gasteiger partial charge is 0.188 e. The van der Waals surface area contributed by atoms with Crippen molar-refractivity contribution in [2.75, 3.05) is 26.2 Å². The van der Waals surface area contributed by atoms with Crippen molar-refractivity contribution < 1.29 is 0 Å². The van der Waals surface area contributed by atoms with Crippen LogP contribution in [0.2, 0.25) is 0 Å². The van der Waals surface area contributed by atoms with Gasteiger partial charge >= 0.3 is 0 Å². The standard InChI is InChI=1S/C15H32N4/c1-4-9-17-15(16)18-12-14(13(5-2)6-3)19-10-7-8-11-19/h13-14H,4-12H2,1-3H3,(H3,16,17,18). The molecule has 0 spiro atoms. The van der Waals surface area contributed by atoms with Crippen LogP contribution < -0.4 is 11.1 Å². The van der Waals surface area contributed by atoms with Crippen molar-refractivity contribution in [1.82, 2.24) is 10.2 Å². The Morgan fingerprint density at radius 3 is 2.37 bits per heavy atom. The summed E-state index contributed by atoms with van der Waals surface area (Å²) in [4.78, 5) is 7.18. The monoisotopic (exact) mass is 268 g/mol. The van der Waals surface area contributed by atoms with Crippen molar-refractivity contribution in [1.29, 1.82) is 0 Å². The normalized spacial score (nSPS) is 19.1. The Hall–Kier alpha value is -0.770. The summed E-state index contributed by atoms with van der Waals surface area (Å²) in [6.45, 7) is 10.9. The van der Waals surface area contributed by atoms with Gasteiger partial charge in [-0.25, -0.2) is 0 Å². The summed E-state index contributed by atoms with van der Waals surface area (Å²) in [5.74, 6) is 1.35. The first-order chi connectivity index (χ1) is 9.22. The fraction of sp³-hybridized carbons (Fsp3) is 0.933. The molecule has 4 nitrogen and oxygen atoms in total. The Morgan fingerprint density at radius 1 is 1.21 bits per heavy atom. The van der Waals surface area contributed by atoms with Crippen LogP contribution in [0.4, 0.5) is 0 Å². The van der Waals surface area contributed by atoms with Crippen LogP contribution in [0.3, 0.4) is 0 Å². The van der Waals surface area contributed by atoms with E-state index in [9.17, 15) is 0 Å². The quantitative estimate of drug-likeness (QED) is 0.524. The van der Waals surface area contributed by atoms with Gasteiger partial charge in [0.25, 0.3) is 0 Å². The number of guanidine groups is 1. The molecule has 1 fully saturated rings. The fourth-order valence-electron chi connectivity index (χ4n) is 2.97. The molecule has 0 saturated carbocycles. The minimum absolute atomic E-state index is 0.569. The van der Waals surface area contributed by atoms with Gasteiger partial charge in [0.05, 0.1) is 6.54 Å². The Labute approximate surface area is 118 Å². The first kappa shape index (κ1) is 16.3. The maximum atomic E-state index is 5.91.